The molecular weight excluding hydrogens is 310 g/mol. The highest BCUT2D eigenvalue weighted by Gasteiger charge is 2.17. The smallest absolute Gasteiger partial charge is 0.336 e. The van der Waals surface area contributed by atoms with Gasteiger partial charge < -0.3 is 10.1 Å². The number of hydrogen-bond donors (Lipinski definition) is 4. The van der Waals surface area contributed by atoms with Gasteiger partial charge in [-0.15, -0.1) is 0 Å². The Labute approximate surface area is 136 Å². The summed E-state index contributed by atoms with van der Waals surface area (Å²) >= 11 is 0. The standard InChI is InChI=1S/C17H13N3O4/c21-15(11-6-2-3-7-12(11)17(23)24)19-20-16(22)14-9-10-5-1-4-8-13(10)18-14/h1-9,18H,(H,19,21)(H,20,22)(H,23,24). The van der Waals surface area contributed by atoms with E-state index in [-0.39, 0.29) is 16.8 Å². The number of fused-ring (bicyclic) bond motifs is 1. The van der Waals surface area contributed by atoms with Crippen LogP contribution in [-0.4, -0.2) is 27.9 Å². The molecule has 0 unspecified atom stereocenters. The molecule has 0 atom stereocenters. The van der Waals surface area contributed by atoms with Gasteiger partial charge in [-0.1, -0.05) is 30.3 Å². The van der Waals surface area contributed by atoms with E-state index in [0.717, 1.165) is 10.9 Å². The second-order valence-corrected chi connectivity index (χ2v) is 5.03. The molecule has 0 aliphatic heterocycles. The number of hydrazine groups is 1. The summed E-state index contributed by atoms with van der Waals surface area (Å²) in [6, 6.07) is 14.8. The molecule has 7 nitrogen and oxygen atoms in total. The molecule has 0 fully saturated rings. The predicted octanol–water partition coefficient (Wildman–Crippen LogP) is 1.94. The van der Waals surface area contributed by atoms with Gasteiger partial charge in [0.15, 0.2) is 0 Å². The summed E-state index contributed by atoms with van der Waals surface area (Å²) in [5, 5.41) is 9.94. The van der Waals surface area contributed by atoms with Crippen LogP contribution >= 0.6 is 0 Å². The van der Waals surface area contributed by atoms with Gasteiger partial charge in [0.1, 0.15) is 5.69 Å². The number of carboxylic acid groups (broad SMARTS) is 1. The zero-order chi connectivity index (χ0) is 17.1. The molecule has 0 bridgehead atoms. The van der Waals surface area contributed by atoms with Crippen molar-refractivity contribution in [1.29, 1.82) is 0 Å². The zero-order valence-electron chi connectivity index (χ0n) is 12.4. The molecule has 2 amide bonds. The van der Waals surface area contributed by atoms with Crippen LogP contribution in [0.4, 0.5) is 0 Å². The first-order valence-corrected chi connectivity index (χ1v) is 7.07. The molecule has 1 aromatic heterocycles. The van der Waals surface area contributed by atoms with Crippen LogP contribution in [0.15, 0.2) is 54.6 Å². The summed E-state index contributed by atoms with van der Waals surface area (Å²) < 4.78 is 0. The fraction of sp³-hybridized carbons (Fsp3) is 0. The number of amides is 2. The zero-order valence-corrected chi connectivity index (χ0v) is 12.4. The minimum Gasteiger partial charge on any atom is -0.478 e. The van der Waals surface area contributed by atoms with Crippen molar-refractivity contribution in [2.24, 2.45) is 0 Å². The maximum atomic E-state index is 12.1. The van der Waals surface area contributed by atoms with Gasteiger partial charge in [-0.3, -0.25) is 20.4 Å². The number of rotatable bonds is 3. The van der Waals surface area contributed by atoms with E-state index in [1.807, 2.05) is 24.3 Å². The van der Waals surface area contributed by atoms with Crippen molar-refractivity contribution >= 4 is 28.7 Å². The molecule has 1 heterocycles. The minimum absolute atomic E-state index is 0.0399. The number of carbonyl (C=O) groups is 3. The molecular formula is C17H13N3O4. The number of carbonyl (C=O) groups excluding carboxylic acids is 2. The van der Waals surface area contributed by atoms with Crippen LogP contribution < -0.4 is 10.9 Å². The number of carboxylic acids is 1. The van der Waals surface area contributed by atoms with Crippen LogP contribution in [0.2, 0.25) is 0 Å². The first-order chi connectivity index (χ1) is 11.6. The highest BCUT2D eigenvalue weighted by atomic mass is 16.4. The summed E-state index contributed by atoms with van der Waals surface area (Å²) in [7, 11) is 0. The molecule has 0 saturated carbocycles. The van der Waals surface area contributed by atoms with Crippen LogP contribution in [0.25, 0.3) is 10.9 Å². The Morgan fingerprint density at radius 2 is 1.46 bits per heavy atom. The molecule has 3 rings (SSSR count). The highest BCUT2D eigenvalue weighted by Crippen LogP contribution is 2.14. The Hall–Kier alpha value is -3.61. The topological polar surface area (TPSA) is 111 Å². The molecule has 0 spiro atoms. The molecule has 0 aliphatic carbocycles. The third-order valence-electron chi connectivity index (χ3n) is 3.47. The van der Waals surface area contributed by atoms with Gasteiger partial charge in [0, 0.05) is 10.9 Å². The number of aromatic nitrogens is 1. The molecule has 2 aromatic carbocycles. The quantitative estimate of drug-likeness (QED) is 0.552. The number of nitrogens with one attached hydrogen (secondary N) is 3. The van der Waals surface area contributed by atoms with E-state index < -0.39 is 17.8 Å². The van der Waals surface area contributed by atoms with Crippen molar-refractivity contribution in [1.82, 2.24) is 15.8 Å². The maximum Gasteiger partial charge on any atom is 0.336 e. The molecule has 7 heteroatoms. The SMILES string of the molecule is O=C(NNC(=O)c1ccccc1C(=O)O)c1cc2ccccc2[nH]1. The van der Waals surface area contributed by atoms with Gasteiger partial charge in [0.25, 0.3) is 11.8 Å². The molecule has 4 N–H and O–H groups in total. The van der Waals surface area contributed by atoms with Crippen molar-refractivity contribution in [2.75, 3.05) is 0 Å². The van der Waals surface area contributed by atoms with Gasteiger partial charge in [-0.25, -0.2) is 4.79 Å². The summed E-state index contributed by atoms with van der Waals surface area (Å²) in [5.74, 6) is -2.47. The van der Waals surface area contributed by atoms with E-state index >= 15 is 0 Å². The Kier molecular flexibility index (Phi) is 3.98. The van der Waals surface area contributed by atoms with Gasteiger partial charge in [-0.05, 0) is 24.3 Å². The normalized spacial score (nSPS) is 10.3. The number of aromatic carboxylic acids is 1. The highest BCUT2D eigenvalue weighted by molar-refractivity contribution is 6.06. The van der Waals surface area contributed by atoms with Crippen molar-refractivity contribution in [3.8, 4) is 0 Å². The van der Waals surface area contributed by atoms with E-state index in [1.54, 1.807) is 12.1 Å². The molecule has 0 aliphatic rings. The Morgan fingerprint density at radius 3 is 2.17 bits per heavy atom. The van der Waals surface area contributed by atoms with Gasteiger partial charge in [-0.2, -0.15) is 0 Å². The first-order valence-electron chi connectivity index (χ1n) is 7.07. The number of para-hydroxylation sites is 1. The fourth-order valence-corrected chi connectivity index (χ4v) is 2.31. The van der Waals surface area contributed by atoms with E-state index in [4.69, 9.17) is 5.11 Å². The van der Waals surface area contributed by atoms with Crippen molar-refractivity contribution in [3.63, 3.8) is 0 Å². The van der Waals surface area contributed by atoms with Crippen molar-refractivity contribution < 1.29 is 19.5 Å². The maximum absolute atomic E-state index is 12.1. The van der Waals surface area contributed by atoms with E-state index in [2.05, 4.69) is 15.8 Å². The lowest BCUT2D eigenvalue weighted by Gasteiger charge is -2.08. The van der Waals surface area contributed by atoms with Crippen LogP contribution in [0.5, 0.6) is 0 Å². The van der Waals surface area contributed by atoms with E-state index in [0.29, 0.717) is 0 Å². The average molecular weight is 323 g/mol. The lowest BCUT2D eigenvalue weighted by Crippen LogP contribution is -2.42. The molecule has 120 valence electrons. The first kappa shape index (κ1) is 15.3. The van der Waals surface area contributed by atoms with Crippen molar-refractivity contribution in [2.45, 2.75) is 0 Å². The van der Waals surface area contributed by atoms with Crippen LogP contribution in [0, 0.1) is 0 Å². The number of benzene rings is 2. The third-order valence-corrected chi connectivity index (χ3v) is 3.47. The molecule has 24 heavy (non-hydrogen) atoms. The minimum atomic E-state index is -1.22. The van der Waals surface area contributed by atoms with Crippen molar-refractivity contribution in [3.05, 3.63) is 71.4 Å². The summed E-state index contributed by atoms with van der Waals surface area (Å²) in [5.41, 5.74) is 5.37. The molecule has 3 aromatic rings. The Bertz CT molecular complexity index is 913. The average Bonchev–Trinajstić information content (AvgIpc) is 3.03. The number of aromatic amines is 1. The largest absolute Gasteiger partial charge is 0.478 e. The summed E-state index contributed by atoms with van der Waals surface area (Å²) in [4.78, 5) is 38.2. The van der Waals surface area contributed by atoms with Crippen LogP contribution in [0.1, 0.15) is 31.2 Å². The predicted molar refractivity (Wildman–Crippen MR) is 86.6 cm³/mol. The Morgan fingerprint density at radius 1 is 0.833 bits per heavy atom. The monoisotopic (exact) mass is 323 g/mol. The second kappa shape index (κ2) is 6.25. The number of hydrogen-bond acceptors (Lipinski definition) is 3. The lowest BCUT2D eigenvalue weighted by molar-refractivity contribution is 0.0690. The van der Waals surface area contributed by atoms with E-state index in [9.17, 15) is 14.4 Å². The number of H-pyrrole nitrogens is 1. The lowest BCUT2D eigenvalue weighted by atomic mass is 10.1. The van der Waals surface area contributed by atoms with Crippen LogP contribution in [0.3, 0.4) is 0 Å². The second-order valence-electron chi connectivity index (χ2n) is 5.03. The van der Waals surface area contributed by atoms with Gasteiger partial charge in [0.2, 0.25) is 0 Å². The fourth-order valence-electron chi connectivity index (χ4n) is 2.31. The Balaban J connectivity index is 1.72. The third kappa shape index (κ3) is 2.95. The van der Waals surface area contributed by atoms with E-state index in [1.165, 1.54) is 18.2 Å². The van der Waals surface area contributed by atoms with Gasteiger partial charge >= 0.3 is 5.97 Å². The van der Waals surface area contributed by atoms with Gasteiger partial charge in [0.05, 0.1) is 11.1 Å². The molecule has 0 radical (unpaired) electrons. The molecule has 0 saturated heterocycles. The summed E-state index contributed by atoms with van der Waals surface area (Å²) in [6.07, 6.45) is 0. The van der Waals surface area contributed by atoms with Crippen LogP contribution in [-0.2, 0) is 0 Å². The summed E-state index contributed by atoms with van der Waals surface area (Å²) in [6.45, 7) is 0.